The van der Waals surface area contributed by atoms with Crippen LogP contribution in [0.15, 0.2) is 24.3 Å². The lowest BCUT2D eigenvalue weighted by Gasteiger charge is -2.11. The van der Waals surface area contributed by atoms with Gasteiger partial charge >= 0.3 is 0 Å². The third-order valence-electron chi connectivity index (χ3n) is 2.10. The molecule has 3 N–H and O–H groups in total. The molecule has 0 fully saturated rings. The first-order valence-corrected chi connectivity index (χ1v) is 5.48. The highest BCUT2D eigenvalue weighted by molar-refractivity contribution is 5.93. The molecule has 0 aliphatic carbocycles. The summed E-state index contributed by atoms with van der Waals surface area (Å²) in [4.78, 5) is 11.2. The zero-order valence-electron chi connectivity index (χ0n) is 10.3. The number of carbonyl (C=O) groups is 1. The fraction of sp³-hybridized carbons (Fsp3) is 0.417. The van der Waals surface area contributed by atoms with E-state index in [1.807, 2.05) is 12.1 Å². The molecule has 0 saturated carbocycles. The summed E-state index contributed by atoms with van der Waals surface area (Å²) in [5.74, 6) is 0.406. The van der Waals surface area contributed by atoms with E-state index in [1.165, 1.54) is 0 Å². The second-order valence-corrected chi connectivity index (χ2v) is 3.44. The fourth-order valence-electron chi connectivity index (χ4n) is 1.28. The van der Waals surface area contributed by atoms with Gasteiger partial charge in [0.25, 0.3) is 0 Å². The summed E-state index contributed by atoms with van der Waals surface area (Å²) in [6.07, 6.45) is 0.801. The largest absolute Gasteiger partial charge is 0.491 e. The van der Waals surface area contributed by atoms with Crippen LogP contribution in [-0.4, -0.2) is 32.8 Å². The lowest BCUT2D eigenvalue weighted by Crippen LogP contribution is -2.22. The number of nitrogens with one attached hydrogen (secondary N) is 1. The van der Waals surface area contributed by atoms with Crippen molar-refractivity contribution in [2.45, 2.75) is 6.42 Å². The first-order valence-electron chi connectivity index (χ1n) is 5.48. The summed E-state index contributed by atoms with van der Waals surface area (Å²) in [5, 5.41) is 2.68. The predicted octanol–water partition coefficient (Wildman–Crippen LogP) is 1.42. The highest BCUT2D eigenvalue weighted by atomic mass is 35.5. The van der Waals surface area contributed by atoms with E-state index in [0.29, 0.717) is 24.7 Å². The smallest absolute Gasteiger partial charge is 0.238 e. The molecule has 102 valence electrons. The average Bonchev–Trinajstić information content (AvgIpc) is 2.36. The molecule has 1 rings (SSSR count). The Bertz CT molecular complexity index is 361. The summed E-state index contributed by atoms with van der Waals surface area (Å²) < 4.78 is 10.5. The number of amides is 1. The number of para-hydroxylation sites is 2. The molecule has 0 radical (unpaired) electrons. The van der Waals surface area contributed by atoms with Crippen LogP contribution in [0.5, 0.6) is 5.75 Å². The van der Waals surface area contributed by atoms with Crippen molar-refractivity contribution in [3.8, 4) is 5.75 Å². The maximum Gasteiger partial charge on any atom is 0.238 e. The van der Waals surface area contributed by atoms with Gasteiger partial charge in [-0.25, -0.2) is 0 Å². The number of halogens is 1. The Morgan fingerprint density at radius 3 is 2.72 bits per heavy atom. The Kier molecular flexibility index (Phi) is 9.00. The lowest BCUT2D eigenvalue weighted by atomic mass is 10.3. The summed E-state index contributed by atoms with van der Waals surface area (Å²) in [6, 6.07) is 7.26. The van der Waals surface area contributed by atoms with E-state index >= 15 is 0 Å². The summed E-state index contributed by atoms with van der Waals surface area (Å²) in [5.41, 5.74) is 5.88. The molecule has 0 aliphatic rings. The molecule has 0 bridgehead atoms. The molecular formula is C12H19ClN2O3. The van der Waals surface area contributed by atoms with Crippen molar-refractivity contribution in [3.05, 3.63) is 24.3 Å². The monoisotopic (exact) mass is 274 g/mol. The van der Waals surface area contributed by atoms with Crippen LogP contribution in [0.1, 0.15) is 6.42 Å². The zero-order chi connectivity index (χ0) is 12.5. The average molecular weight is 275 g/mol. The molecule has 0 aromatic heterocycles. The van der Waals surface area contributed by atoms with Crippen molar-refractivity contribution < 1.29 is 14.3 Å². The van der Waals surface area contributed by atoms with Gasteiger partial charge in [0.05, 0.1) is 18.8 Å². The van der Waals surface area contributed by atoms with Crippen molar-refractivity contribution in [2.24, 2.45) is 5.73 Å². The summed E-state index contributed by atoms with van der Waals surface area (Å²) in [7, 11) is 1.65. The van der Waals surface area contributed by atoms with Gasteiger partial charge in [0.1, 0.15) is 5.75 Å². The predicted molar refractivity (Wildman–Crippen MR) is 73.4 cm³/mol. The summed E-state index contributed by atoms with van der Waals surface area (Å²) >= 11 is 0. The van der Waals surface area contributed by atoms with Crippen molar-refractivity contribution >= 4 is 24.0 Å². The Morgan fingerprint density at radius 1 is 1.33 bits per heavy atom. The number of hydrogen-bond acceptors (Lipinski definition) is 4. The third kappa shape index (κ3) is 5.86. The van der Waals surface area contributed by atoms with E-state index < -0.39 is 0 Å². The second kappa shape index (κ2) is 9.70. The van der Waals surface area contributed by atoms with Crippen LogP contribution < -0.4 is 15.8 Å². The minimum atomic E-state index is -0.238. The quantitative estimate of drug-likeness (QED) is 0.738. The van der Waals surface area contributed by atoms with E-state index in [1.54, 1.807) is 19.2 Å². The molecule has 1 aromatic carbocycles. The van der Waals surface area contributed by atoms with Crippen LogP contribution in [0.25, 0.3) is 0 Å². The van der Waals surface area contributed by atoms with Gasteiger partial charge in [-0.05, 0) is 12.1 Å². The minimum Gasteiger partial charge on any atom is -0.491 e. The highest BCUT2D eigenvalue weighted by Crippen LogP contribution is 2.23. The molecule has 18 heavy (non-hydrogen) atoms. The van der Waals surface area contributed by atoms with Gasteiger partial charge in [-0.15, -0.1) is 12.4 Å². The van der Waals surface area contributed by atoms with Crippen LogP contribution >= 0.6 is 12.4 Å². The fourth-order valence-corrected chi connectivity index (χ4v) is 1.28. The molecule has 0 atom stereocenters. The normalized spacial score (nSPS) is 9.44. The molecule has 0 spiro atoms. The van der Waals surface area contributed by atoms with Crippen LogP contribution in [0.2, 0.25) is 0 Å². The molecule has 0 aliphatic heterocycles. The van der Waals surface area contributed by atoms with E-state index in [2.05, 4.69) is 5.32 Å². The van der Waals surface area contributed by atoms with Gasteiger partial charge in [0.15, 0.2) is 0 Å². The van der Waals surface area contributed by atoms with Gasteiger partial charge in [0.2, 0.25) is 5.91 Å². The van der Waals surface area contributed by atoms with Crippen molar-refractivity contribution in [1.82, 2.24) is 0 Å². The SMILES string of the molecule is COCCCOc1ccccc1NC(=O)CN.Cl. The number of methoxy groups -OCH3 is 1. The first kappa shape index (κ1) is 16.7. The molecule has 0 unspecified atom stereocenters. The Morgan fingerprint density at radius 2 is 2.06 bits per heavy atom. The molecular weight excluding hydrogens is 256 g/mol. The third-order valence-corrected chi connectivity index (χ3v) is 2.10. The van der Waals surface area contributed by atoms with E-state index in [-0.39, 0.29) is 24.9 Å². The number of ether oxygens (including phenoxy) is 2. The second-order valence-electron chi connectivity index (χ2n) is 3.44. The van der Waals surface area contributed by atoms with E-state index in [4.69, 9.17) is 15.2 Å². The maximum atomic E-state index is 11.2. The van der Waals surface area contributed by atoms with E-state index in [9.17, 15) is 4.79 Å². The van der Waals surface area contributed by atoms with Crippen LogP contribution in [0, 0.1) is 0 Å². The van der Waals surface area contributed by atoms with Crippen LogP contribution in [0.3, 0.4) is 0 Å². The number of rotatable bonds is 7. The van der Waals surface area contributed by atoms with Gasteiger partial charge < -0.3 is 20.5 Å². The Hall–Kier alpha value is -1.30. The Balaban J connectivity index is 0.00000289. The lowest BCUT2D eigenvalue weighted by molar-refractivity contribution is -0.114. The number of hydrogen-bond donors (Lipinski definition) is 2. The molecule has 0 heterocycles. The van der Waals surface area contributed by atoms with Gasteiger partial charge in [-0.3, -0.25) is 4.79 Å². The number of nitrogens with two attached hydrogens (primary N) is 1. The van der Waals surface area contributed by atoms with Gasteiger partial charge in [0, 0.05) is 20.1 Å². The number of benzene rings is 1. The zero-order valence-corrected chi connectivity index (χ0v) is 11.2. The van der Waals surface area contributed by atoms with E-state index in [0.717, 1.165) is 6.42 Å². The standard InChI is InChI=1S/C12H18N2O3.ClH/c1-16-7-4-8-17-11-6-3-2-5-10(11)14-12(15)9-13;/h2-3,5-6H,4,7-9,13H2,1H3,(H,14,15);1H. The topological polar surface area (TPSA) is 73.6 Å². The summed E-state index contributed by atoms with van der Waals surface area (Å²) in [6.45, 7) is 1.15. The molecule has 1 amide bonds. The molecule has 6 heteroatoms. The van der Waals surface area contributed by atoms with Crippen molar-refractivity contribution in [3.63, 3.8) is 0 Å². The Labute approximate surface area is 113 Å². The van der Waals surface area contributed by atoms with Crippen molar-refractivity contribution in [2.75, 3.05) is 32.2 Å². The first-order chi connectivity index (χ1) is 8.27. The van der Waals surface area contributed by atoms with Crippen molar-refractivity contribution in [1.29, 1.82) is 0 Å². The molecule has 1 aromatic rings. The molecule has 0 saturated heterocycles. The minimum absolute atomic E-state index is 0. The number of anilines is 1. The highest BCUT2D eigenvalue weighted by Gasteiger charge is 2.05. The van der Waals surface area contributed by atoms with Gasteiger partial charge in [-0.2, -0.15) is 0 Å². The molecule has 5 nitrogen and oxygen atoms in total. The van der Waals surface area contributed by atoms with Crippen LogP contribution in [0.4, 0.5) is 5.69 Å². The van der Waals surface area contributed by atoms with Gasteiger partial charge in [-0.1, -0.05) is 12.1 Å². The number of carbonyl (C=O) groups excluding carboxylic acids is 1. The maximum absolute atomic E-state index is 11.2. The van der Waals surface area contributed by atoms with Crippen LogP contribution in [-0.2, 0) is 9.53 Å².